The van der Waals surface area contributed by atoms with E-state index in [1.54, 1.807) is 7.11 Å². The molecule has 0 fully saturated rings. The summed E-state index contributed by atoms with van der Waals surface area (Å²) in [7, 11) is 1.76. The topological polar surface area (TPSA) is 12.5 Å². The average Bonchev–Trinajstić information content (AvgIpc) is 2.45. The first-order chi connectivity index (χ1) is 9.89. The summed E-state index contributed by atoms with van der Waals surface area (Å²) in [6, 6.07) is 8.78. The molecule has 0 radical (unpaired) electrons. The predicted molar refractivity (Wildman–Crippen MR) is 92.0 cm³/mol. The summed E-state index contributed by atoms with van der Waals surface area (Å²) >= 11 is 0. The molecule has 120 valence electrons. The standard InChI is InChI=1S/C19H33NO/c1-7-20(15-11-10-14-19(3,4)5)16(2)17-12-8-9-13-18(17)21-6/h8-9,12-13,16H,7,10-11,14-15H2,1-6H3/t16-/m0/s1. The molecule has 21 heavy (non-hydrogen) atoms. The molecule has 0 aliphatic heterocycles. The van der Waals surface area contributed by atoms with Gasteiger partial charge in [-0.3, -0.25) is 4.90 Å². The summed E-state index contributed by atoms with van der Waals surface area (Å²) in [5.74, 6) is 0.998. The maximum atomic E-state index is 5.50. The van der Waals surface area contributed by atoms with Gasteiger partial charge >= 0.3 is 0 Å². The molecule has 0 saturated carbocycles. The van der Waals surface area contributed by atoms with Crippen molar-refractivity contribution in [3.8, 4) is 5.75 Å². The molecule has 2 nitrogen and oxygen atoms in total. The van der Waals surface area contributed by atoms with Crippen LogP contribution in [0.4, 0.5) is 0 Å². The lowest BCUT2D eigenvalue weighted by molar-refractivity contribution is 0.208. The second-order valence-electron chi connectivity index (χ2n) is 7.06. The highest BCUT2D eigenvalue weighted by Crippen LogP contribution is 2.29. The normalized spacial score (nSPS) is 13.5. The zero-order chi connectivity index (χ0) is 15.9. The Bertz CT molecular complexity index is 408. The van der Waals surface area contributed by atoms with Crippen molar-refractivity contribution < 1.29 is 4.74 Å². The highest BCUT2D eigenvalue weighted by Gasteiger charge is 2.17. The van der Waals surface area contributed by atoms with Gasteiger partial charge in [-0.2, -0.15) is 0 Å². The number of hydrogen-bond acceptors (Lipinski definition) is 2. The van der Waals surface area contributed by atoms with Gasteiger partial charge < -0.3 is 4.74 Å². The molecule has 0 N–H and O–H groups in total. The highest BCUT2D eigenvalue weighted by atomic mass is 16.5. The zero-order valence-corrected chi connectivity index (χ0v) is 14.8. The molecular formula is C19H33NO. The van der Waals surface area contributed by atoms with Crippen LogP contribution in [0, 0.1) is 5.41 Å². The van der Waals surface area contributed by atoms with E-state index < -0.39 is 0 Å². The van der Waals surface area contributed by atoms with Crippen molar-refractivity contribution in [2.45, 2.75) is 59.9 Å². The van der Waals surface area contributed by atoms with Crippen LogP contribution in [-0.4, -0.2) is 25.1 Å². The number of ether oxygens (including phenoxy) is 1. The molecular weight excluding hydrogens is 258 g/mol. The Morgan fingerprint density at radius 1 is 1.14 bits per heavy atom. The average molecular weight is 291 g/mol. The number of unbranched alkanes of at least 4 members (excludes halogenated alkanes) is 1. The molecule has 1 aromatic rings. The van der Waals surface area contributed by atoms with Crippen LogP contribution in [0.15, 0.2) is 24.3 Å². The summed E-state index contributed by atoms with van der Waals surface area (Å²) in [6.07, 6.45) is 3.87. The van der Waals surface area contributed by atoms with E-state index in [1.807, 2.05) is 6.07 Å². The Morgan fingerprint density at radius 2 is 1.81 bits per heavy atom. The Kier molecular flexibility index (Phi) is 7.24. The van der Waals surface area contributed by atoms with Crippen LogP contribution in [0.3, 0.4) is 0 Å². The van der Waals surface area contributed by atoms with Gasteiger partial charge in [-0.15, -0.1) is 0 Å². The molecule has 0 spiro atoms. The Morgan fingerprint density at radius 3 is 2.38 bits per heavy atom. The fourth-order valence-corrected chi connectivity index (χ4v) is 2.80. The second-order valence-corrected chi connectivity index (χ2v) is 7.06. The van der Waals surface area contributed by atoms with Gasteiger partial charge in [-0.1, -0.05) is 52.3 Å². The third-order valence-corrected chi connectivity index (χ3v) is 4.17. The van der Waals surface area contributed by atoms with E-state index in [0.717, 1.165) is 18.8 Å². The molecule has 0 saturated heterocycles. The molecule has 2 heteroatoms. The maximum Gasteiger partial charge on any atom is 0.123 e. The number of hydrogen-bond donors (Lipinski definition) is 0. The predicted octanol–water partition coefficient (Wildman–Crippen LogP) is 5.29. The fraction of sp³-hybridized carbons (Fsp3) is 0.684. The number of para-hydroxylation sites is 1. The SMILES string of the molecule is CCN(CCCCC(C)(C)C)[C@@H](C)c1ccccc1OC. The van der Waals surface area contributed by atoms with Gasteiger partial charge in [0.25, 0.3) is 0 Å². The van der Waals surface area contributed by atoms with Gasteiger partial charge in [0.1, 0.15) is 5.75 Å². The van der Waals surface area contributed by atoms with E-state index >= 15 is 0 Å². The highest BCUT2D eigenvalue weighted by molar-refractivity contribution is 5.35. The zero-order valence-electron chi connectivity index (χ0n) is 14.8. The minimum atomic E-state index is 0.404. The van der Waals surface area contributed by atoms with Crippen molar-refractivity contribution in [3.05, 3.63) is 29.8 Å². The van der Waals surface area contributed by atoms with Crippen LogP contribution >= 0.6 is 0 Å². The Labute approximate surface area is 131 Å². The molecule has 1 rings (SSSR count). The van der Waals surface area contributed by atoms with Gasteiger partial charge in [-0.05, 0) is 44.3 Å². The van der Waals surface area contributed by atoms with E-state index in [2.05, 4.69) is 57.7 Å². The van der Waals surface area contributed by atoms with Gasteiger partial charge in [0.15, 0.2) is 0 Å². The first-order valence-corrected chi connectivity index (χ1v) is 8.26. The molecule has 0 unspecified atom stereocenters. The van der Waals surface area contributed by atoms with E-state index in [9.17, 15) is 0 Å². The number of nitrogens with zero attached hydrogens (tertiary/aromatic N) is 1. The summed E-state index contributed by atoms with van der Waals surface area (Å²) in [5, 5.41) is 0. The van der Waals surface area contributed by atoms with Crippen molar-refractivity contribution in [1.82, 2.24) is 4.90 Å². The monoisotopic (exact) mass is 291 g/mol. The number of methoxy groups -OCH3 is 1. The lowest BCUT2D eigenvalue weighted by Gasteiger charge is -2.29. The molecule has 0 aliphatic carbocycles. The van der Waals surface area contributed by atoms with Crippen molar-refractivity contribution in [2.24, 2.45) is 5.41 Å². The molecule has 0 amide bonds. The van der Waals surface area contributed by atoms with E-state index in [1.165, 1.54) is 24.8 Å². The lowest BCUT2D eigenvalue weighted by atomic mass is 9.90. The summed E-state index contributed by atoms with van der Waals surface area (Å²) < 4.78 is 5.50. The van der Waals surface area contributed by atoms with Crippen molar-refractivity contribution in [2.75, 3.05) is 20.2 Å². The van der Waals surface area contributed by atoms with Crippen molar-refractivity contribution in [3.63, 3.8) is 0 Å². The molecule has 0 aliphatic rings. The molecule has 0 heterocycles. The Hall–Kier alpha value is -1.02. The minimum Gasteiger partial charge on any atom is -0.496 e. The number of benzene rings is 1. The fourth-order valence-electron chi connectivity index (χ4n) is 2.80. The van der Waals surface area contributed by atoms with Crippen LogP contribution in [0.1, 0.15) is 65.5 Å². The molecule has 1 aromatic carbocycles. The summed E-state index contributed by atoms with van der Waals surface area (Å²) in [4.78, 5) is 2.54. The second kappa shape index (κ2) is 8.43. The lowest BCUT2D eigenvalue weighted by Crippen LogP contribution is -2.28. The Balaban J connectivity index is 2.58. The van der Waals surface area contributed by atoms with Gasteiger partial charge in [-0.25, -0.2) is 0 Å². The van der Waals surface area contributed by atoms with Crippen molar-refractivity contribution in [1.29, 1.82) is 0 Å². The smallest absolute Gasteiger partial charge is 0.123 e. The van der Waals surface area contributed by atoms with E-state index in [-0.39, 0.29) is 0 Å². The van der Waals surface area contributed by atoms with Crippen LogP contribution in [0.2, 0.25) is 0 Å². The maximum absolute atomic E-state index is 5.50. The van der Waals surface area contributed by atoms with E-state index in [0.29, 0.717) is 11.5 Å². The van der Waals surface area contributed by atoms with Gasteiger partial charge in [0, 0.05) is 11.6 Å². The third-order valence-electron chi connectivity index (χ3n) is 4.17. The number of rotatable bonds is 8. The van der Waals surface area contributed by atoms with Crippen LogP contribution < -0.4 is 4.74 Å². The van der Waals surface area contributed by atoms with Crippen LogP contribution in [-0.2, 0) is 0 Å². The third kappa shape index (κ3) is 6.09. The molecule has 1 atom stereocenters. The first-order valence-electron chi connectivity index (χ1n) is 8.26. The van der Waals surface area contributed by atoms with Crippen molar-refractivity contribution >= 4 is 0 Å². The van der Waals surface area contributed by atoms with Crippen LogP contribution in [0.25, 0.3) is 0 Å². The summed E-state index contributed by atoms with van der Waals surface area (Å²) in [6.45, 7) is 13.7. The van der Waals surface area contributed by atoms with Gasteiger partial charge in [0.05, 0.1) is 7.11 Å². The molecule has 0 aromatic heterocycles. The van der Waals surface area contributed by atoms with Gasteiger partial charge in [0.2, 0.25) is 0 Å². The van der Waals surface area contributed by atoms with Crippen LogP contribution in [0.5, 0.6) is 5.75 Å². The summed E-state index contributed by atoms with van der Waals surface area (Å²) in [5.41, 5.74) is 1.74. The largest absolute Gasteiger partial charge is 0.496 e. The van der Waals surface area contributed by atoms with E-state index in [4.69, 9.17) is 4.74 Å². The molecule has 0 bridgehead atoms. The minimum absolute atomic E-state index is 0.404. The first kappa shape index (κ1) is 18.0. The quantitative estimate of drug-likeness (QED) is 0.603.